The van der Waals surface area contributed by atoms with Crippen LogP contribution in [0.25, 0.3) is 0 Å². The topological polar surface area (TPSA) is 26.3 Å². The SMILES string of the molecule is Cc1ccc(I)cc1C(=O)OC(C)(C)C. The van der Waals surface area contributed by atoms with Crippen LogP contribution in [0.2, 0.25) is 0 Å². The van der Waals surface area contributed by atoms with Gasteiger partial charge >= 0.3 is 5.97 Å². The van der Waals surface area contributed by atoms with Crippen molar-refractivity contribution in [3.8, 4) is 0 Å². The Kier molecular flexibility index (Phi) is 3.76. The molecular formula is C12H15IO2. The molecule has 2 nitrogen and oxygen atoms in total. The Labute approximate surface area is 104 Å². The number of carbonyl (C=O) groups excluding carboxylic acids is 1. The standard InChI is InChI=1S/C12H15IO2/c1-8-5-6-9(13)7-10(8)11(14)15-12(2,3)4/h5-7H,1-4H3. The van der Waals surface area contributed by atoms with E-state index in [-0.39, 0.29) is 5.97 Å². The molecule has 1 rings (SSSR count). The van der Waals surface area contributed by atoms with Gasteiger partial charge in [-0.15, -0.1) is 0 Å². The van der Waals surface area contributed by atoms with E-state index in [0.29, 0.717) is 5.56 Å². The molecule has 0 saturated carbocycles. The number of esters is 1. The molecule has 0 atom stereocenters. The molecule has 3 heteroatoms. The lowest BCUT2D eigenvalue weighted by Gasteiger charge is -2.20. The maximum absolute atomic E-state index is 11.8. The van der Waals surface area contributed by atoms with Gasteiger partial charge in [0.2, 0.25) is 0 Å². The summed E-state index contributed by atoms with van der Waals surface area (Å²) in [6, 6.07) is 5.76. The quantitative estimate of drug-likeness (QED) is 0.585. The number of halogens is 1. The fraction of sp³-hybridized carbons (Fsp3) is 0.417. The smallest absolute Gasteiger partial charge is 0.338 e. The molecule has 0 saturated heterocycles. The van der Waals surface area contributed by atoms with E-state index in [4.69, 9.17) is 4.74 Å². The zero-order valence-corrected chi connectivity index (χ0v) is 11.6. The van der Waals surface area contributed by atoms with Crippen molar-refractivity contribution in [2.75, 3.05) is 0 Å². The van der Waals surface area contributed by atoms with Crippen LogP contribution < -0.4 is 0 Å². The molecule has 1 aromatic carbocycles. The van der Waals surface area contributed by atoms with Gasteiger partial charge in [-0.3, -0.25) is 0 Å². The third kappa shape index (κ3) is 3.81. The number of ether oxygens (including phenoxy) is 1. The average Bonchev–Trinajstić information content (AvgIpc) is 2.06. The first-order valence-electron chi connectivity index (χ1n) is 4.79. The Morgan fingerprint density at radius 3 is 2.47 bits per heavy atom. The zero-order valence-electron chi connectivity index (χ0n) is 9.43. The van der Waals surface area contributed by atoms with E-state index in [1.165, 1.54) is 0 Å². The molecular weight excluding hydrogens is 303 g/mol. The van der Waals surface area contributed by atoms with Gasteiger partial charge in [-0.2, -0.15) is 0 Å². The molecule has 0 aliphatic carbocycles. The van der Waals surface area contributed by atoms with Crippen molar-refractivity contribution in [3.05, 3.63) is 32.9 Å². The van der Waals surface area contributed by atoms with Gasteiger partial charge in [-0.25, -0.2) is 4.79 Å². The van der Waals surface area contributed by atoms with Gasteiger partial charge in [0.25, 0.3) is 0 Å². The van der Waals surface area contributed by atoms with Crippen LogP contribution in [0.15, 0.2) is 18.2 Å². The Morgan fingerprint density at radius 2 is 1.93 bits per heavy atom. The highest BCUT2D eigenvalue weighted by Crippen LogP contribution is 2.17. The minimum Gasteiger partial charge on any atom is -0.456 e. The third-order valence-electron chi connectivity index (χ3n) is 1.82. The van der Waals surface area contributed by atoms with E-state index in [1.807, 2.05) is 45.9 Å². The van der Waals surface area contributed by atoms with Crippen LogP contribution in [-0.2, 0) is 4.74 Å². The van der Waals surface area contributed by atoms with Crippen LogP contribution in [0, 0.1) is 10.5 Å². The molecule has 0 N–H and O–H groups in total. The summed E-state index contributed by atoms with van der Waals surface area (Å²) in [7, 11) is 0. The highest BCUT2D eigenvalue weighted by atomic mass is 127. The normalized spacial score (nSPS) is 11.3. The van der Waals surface area contributed by atoms with Gasteiger partial charge in [-0.1, -0.05) is 6.07 Å². The first kappa shape index (κ1) is 12.5. The number of aryl methyl sites for hydroxylation is 1. The summed E-state index contributed by atoms with van der Waals surface area (Å²) in [5.74, 6) is -0.251. The van der Waals surface area contributed by atoms with Crippen molar-refractivity contribution < 1.29 is 9.53 Å². The number of hydrogen-bond donors (Lipinski definition) is 0. The lowest BCUT2D eigenvalue weighted by molar-refractivity contribution is 0.00687. The summed E-state index contributed by atoms with van der Waals surface area (Å²) >= 11 is 2.18. The van der Waals surface area contributed by atoms with Gasteiger partial charge in [0, 0.05) is 3.57 Å². The van der Waals surface area contributed by atoms with Gasteiger partial charge in [0.05, 0.1) is 5.56 Å². The van der Waals surface area contributed by atoms with Crippen LogP contribution in [-0.4, -0.2) is 11.6 Å². The molecule has 0 aromatic heterocycles. The van der Waals surface area contributed by atoms with E-state index >= 15 is 0 Å². The highest BCUT2D eigenvalue weighted by Gasteiger charge is 2.19. The Balaban J connectivity index is 2.96. The minimum absolute atomic E-state index is 0.251. The molecule has 0 aliphatic heterocycles. The van der Waals surface area contributed by atoms with Gasteiger partial charge < -0.3 is 4.74 Å². The van der Waals surface area contributed by atoms with E-state index in [1.54, 1.807) is 0 Å². The third-order valence-corrected chi connectivity index (χ3v) is 2.49. The Bertz CT molecular complexity index is 378. The van der Waals surface area contributed by atoms with E-state index in [2.05, 4.69) is 22.6 Å². The summed E-state index contributed by atoms with van der Waals surface area (Å²) in [6.07, 6.45) is 0. The van der Waals surface area contributed by atoms with Crippen molar-refractivity contribution in [2.45, 2.75) is 33.3 Å². The predicted octanol–water partition coefficient (Wildman–Crippen LogP) is 3.55. The van der Waals surface area contributed by atoms with Crippen LogP contribution in [0.5, 0.6) is 0 Å². The number of carbonyl (C=O) groups is 1. The number of hydrogen-bond acceptors (Lipinski definition) is 2. The lowest BCUT2D eigenvalue weighted by Crippen LogP contribution is -2.24. The van der Waals surface area contributed by atoms with E-state index in [0.717, 1.165) is 9.13 Å². The van der Waals surface area contributed by atoms with Gasteiger partial charge in [0.15, 0.2) is 0 Å². The van der Waals surface area contributed by atoms with Crippen molar-refractivity contribution in [3.63, 3.8) is 0 Å². The second-order valence-electron chi connectivity index (χ2n) is 4.46. The maximum atomic E-state index is 11.8. The van der Waals surface area contributed by atoms with Crippen LogP contribution in [0.4, 0.5) is 0 Å². The van der Waals surface area contributed by atoms with Crippen LogP contribution >= 0.6 is 22.6 Å². The maximum Gasteiger partial charge on any atom is 0.338 e. The predicted molar refractivity (Wildman–Crippen MR) is 69.1 cm³/mol. The molecule has 1 aromatic rings. The summed E-state index contributed by atoms with van der Waals surface area (Å²) in [5, 5.41) is 0. The molecule has 0 unspecified atom stereocenters. The molecule has 15 heavy (non-hydrogen) atoms. The molecule has 0 radical (unpaired) electrons. The molecule has 0 spiro atoms. The summed E-state index contributed by atoms with van der Waals surface area (Å²) < 4.78 is 6.36. The zero-order chi connectivity index (χ0) is 11.6. The van der Waals surface area contributed by atoms with Crippen molar-refractivity contribution in [2.24, 2.45) is 0 Å². The van der Waals surface area contributed by atoms with Crippen molar-refractivity contribution in [1.82, 2.24) is 0 Å². The van der Waals surface area contributed by atoms with Gasteiger partial charge in [-0.05, 0) is 68.0 Å². The Morgan fingerprint density at radius 1 is 1.33 bits per heavy atom. The molecule has 82 valence electrons. The van der Waals surface area contributed by atoms with Crippen molar-refractivity contribution >= 4 is 28.6 Å². The van der Waals surface area contributed by atoms with E-state index < -0.39 is 5.60 Å². The van der Waals surface area contributed by atoms with Gasteiger partial charge in [0.1, 0.15) is 5.60 Å². The van der Waals surface area contributed by atoms with E-state index in [9.17, 15) is 4.79 Å². The summed E-state index contributed by atoms with van der Waals surface area (Å²) in [6.45, 7) is 7.52. The lowest BCUT2D eigenvalue weighted by atomic mass is 10.1. The monoisotopic (exact) mass is 318 g/mol. The highest BCUT2D eigenvalue weighted by molar-refractivity contribution is 14.1. The fourth-order valence-electron chi connectivity index (χ4n) is 1.15. The molecule has 0 amide bonds. The molecule has 0 heterocycles. The molecule has 0 aliphatic rings. The summed E-state index contributed by atoms with van der Waals surface area (Å²) in [5.41, 5.74) is 1.16. The molecule has 0 bridgehead atoms. The fourth-order valence-corrected chi connectivity index (χ4v) is 1.64. The van der Waals surface area contributed by atoms with Crippen molar-refractivity contribution in [1.29, 1.82) is 0 Å². The number of rotatable bonds is 1. The number of benzene rings is 1. The summed E-state index contributed by atoms with van der Waals surface area (Å²) in [4.78, 5) is 11.8. The van der Waals surface area contributed by atoms with Crippen LogP contribution in [0.3, 0.4) is 0 Å². The Hall–Kier alpha value is -0.580. The van der Waals surface area contributed by atoms with Crippen LogP contribution in [0.1, 0.15) is 36.7 Å². The first-order valence-corrected chi connectivity index (χ1v) is 5.87. The second kappa shape index (κ2) is 4.51. The largest absolute Gasteiger partial charge is 0.456 e. The first-order chi connectivity index (χ1) is 6.79. The minimum atomic E-state index is -0.440. The molecule has 0 fully saturated rings. The second-order valence-corrected chi connectivity index (χ2v) is 5.71. The average molecular weight is 318 g/mol.